The van der Waals surface area contributed by atoms with Gasteiger partial charge in [0.25, 0.3) is 0 Å². The van der Waals surface area contributed by atoms with Crippen molar-refractivity contribution in [1.82, 2.24) is 0 Å². The lowest BCUT2D eigenvalue weighted by Gasteiger charge is -2.12. The molecule has 0 spiro atoms. The lowest BCUT2D eigenvalue weighted by molar-refractivity contribution is 0.0996. The summed E-state index contributed by atoms with van der Waals surface area (Å²) in [6, 6.07) is 14.2. The molecule has 2 aromatic carbocycles. The number of benzene rings is 2. The molecule has 0 heterocycles. The fourth-order valence-corrected chi connectivity index (χ4v) is 3.28. The molecule has 0 saturated carbocycles. The van der Waals surface area contributed by atoms with Crippen molar-refractivity contribution in [3.8, 4) is 5.75 Å². The van der Waals surface area contributed by atoms with Gasteiger partial charge in [-0.25, -0.2) is 0 Å². The maximum atomic E-state index is 8.98. The van der Waals surface area contributed by atoms with E-state index in [4.69, 9.17) is 9.84 Å². The first-order valence-electron chi connectivity index (χ1n) is 6.37. The fourth-order valence-electron chi connectivity index (χ4n) is 1.94. The predicted octanol–water partition coefficient (Wildman–Crippen LogP) is 2.00. The molecule has 1 unspecified atom stereocenters. The second kappa shape index (κ2) is 7.18. The van der Waals surface area contributed by atoms with Gasteiger partial charge in [0, 0.05) is 18.6 Å². The first-order valence-corrected chi connectivity index (χ1v) is 7.37. The summed E-state index contributed by atoms with van der Waals surface area (Å²) < 4.78 is 5.29. The minimum atomic E-state index is -0.307. The average Bonchev–Trinajstić information content (AvgIpc) is 2.44. The predicted molar refractivity (Wildman–Crippen MR) is 86.4 cm³/mol. The SMILES string of the molecule is CN=Cc1ccccc1Pc1cc(C)ccc1OCO. The summed E-state index contributed by atoms with van der Waals surface area (Å²) in [6.45, 7) is 1.74. The smallest absolute Gasteiger partial charge is 0.186 e. The third kappa shape index (κ3) is 3.66. The van der Waals surface area contributed by atoms with Gasteiger partial charge in [-0.3, -0.25) is 4.99 Å². The van der Waals surface area contributed by atoms with E-state index in [9.17, 15) is 0 Å². The second-order valence-corrected chi connectivity index (χ2v) is 5.70. The van der Waals surface area contributed by atoms with Crippen LogP contribution < -0.4 is 15.3 Å². The van der Waals surface area contributed by atoms with Gasteiger partial charge >= 0.3 is 0 Å². The third-order valence-electron chi connectivity index (χ3n) is 2.85. The molecule has 20 heavy (non-hydrogen) atoms. The van der Waals surface area contributed by atoms with Crippen LogP contribution in [0.4, 0.5) is 0 Å². The van der Waals surface area contributed by atoms with Crippen LogP contribution in [0.25, 0.3) is 0 Å². The Morgan fingerprint density at radius 3 is 2.75 bits per heavy atom. The largest absolute Gasteiger partial charge is 0.467 e. The first-order chi connectivity index (χ1) is 9.74. The summed E-state index contributed by atoms with van der Waals surface area (Å²) in [5.74, 6) is 0.736. The highest BCUT2D eigenvalue weighted by atomic mass is 31.1. The van der Waals surface area contributed by atoms with Crippen LogP contribution in [-0.4, -0.2) is 25.2 Å². The highest BCUT2D eigenvalue weighted by molar-refractivity contribution is 7.56. The molecule has 0 aliphatic heterocycles. The summed E-state index contributed by atoms with van der Waals surface area (Å²) in [7, 11) is 2.23. The molecule has 0 bridgehead atoms. The minimum absolute atomic E-state index is 0.307. The van der Waals surface area contributed by atoms with Crippen LogP contribution in [-0.2, 0) is 0 Å². The molecule has 0 aliphatic rings. The van der Waals surface area contributed by atoms with Crippen LogP contribution in [0.2, 0.25) is 0 Å². The Kier molecular flexibility index (Phi) is 5.28. The number of nitrogens with zero attached hydrogens (tertiary/aromatic N) is 1. The number of aliphatic hydroxyl groups is 1. The highest BCUT2D eigenvalue weighted by Crippen LogP contribution is 2.21. The van der Waals surface area contributed by atoms with Crippen molar-refractivity contribution in [2.24, 2.45) is 4.99 Å². The standard InChI is InChI=1S/C16H18NO2P/c1-12-7-8-14(19-11-18)16(9-12)20-15-6-4-3-5-13(15)10-17-2/h3-10,18,20H,11H2,1-2H3. The van der Waals surface area contributed by atoms with Crippen molar-refractivity contribution in [2.45, 2.75) is 6.92 Å². The molecule has 2 aromatic rings. The van der Waals surface area contributed by atoms with Crippen LogP contribution >= 0.6 is 8.58 Å². The summed E-state index contributed by atoms with van der Waals surface area (Å²) in [4.78, 5) is 4.09. The molecular formula is C16H18NO2P. The van der Waals surface area contributed by atoms with Gasteiger partial charge in [0.05, 0.1) is 0 Å². The summed E-state index contributed by atoms with van der Waals surface area (Å²) in [5, 5.41) is 11.3. The van der Waals surface area contributed by atoms with E-state index in [2.05, 4.69) is 30.1 Å². The zero-order valence-electron chi connectivity index (χ0n) is 11.6. The zero-order valence-corrected chi connectivity index (χ0v) is 12.6. The average molecular weight is 287 g/mol. The number of hydrogen-bond acceptors (Lipinski definition) is 3. The Hall–Kier alpha value is -1.70. The molecule has 0 fully saturated rings. The number of rotatable bonds is 5. The number of aliphatic hydroxyl groups excluding tert-OH is 1. The van der Waals surface area contributed by atoms with Crippen molar-refractivity contribution in [2.75, 3.05) is 13.8 Å². The molecule has 0 saturated heterocycles. The van der Waals surface area contributed by atoms with Gasteiger partial charge in [-0.2, -0.15) is 0 Å². The number of aliphatic imine (C=N–C) groups is 1. The van der Waals surface area contributed by atoms with Crippen molar-refractivity contribution in [3.63, 3.8) is 0 Å². The topological polar surface area (TPSA) is 41.8 Å². The summed E-state index contributed by atoms with van der Waals surface area (Å²) in [5.41, 5.74) is 2.30. The van der Waals surface area contributed by atoms with Gasteiger partial charge in [-0.1, -0.05) is 44.5 Å². The van der Waals surface area contributed by atoms with E-state index in [0.29, 0.717) is 8.58 Å². The molecule has 0 radical (unpaired) electrons. The van der Waals surface area contributed by atoms with E-state index in [1.807, 2.05) is 30.5 Å². The van der Waals surface area contributed by atoms with Crippen LogP contribution in [0.15, 0.2) is 47.5 Å². The van der Waals surface area contributed by atoms with Crippen LogP contribution in [0, 0.1) is 6.92 Å². The molecule has 1 atom stereocenters. The van der Waals surface area contributed by atoms with Gasteiger partial charge in [0.2, 0.25) is 0 Å². The van der Waals surface area contributed by atoms with Crippen LogP contribution in [0.1, 0.15) is 11.1 Å². The summed E-state index contributed by atoms with van der Waals surface area (Å²) >= 11 is 0. The number of ether oxygens (including phenoxy) is 1. The molecule has 0 aromatic heterocycles. The molecule has 3 nitrogen and oxygen atoms in total. The van der Waals surface area contributed by atoms with E-state index in [0.717, 1.165) is 16.6 Å². The van der Waals surface area contributed by atoms with Crippen LogP contribution in [0.3, 0.4) is 0 Å². The Morgan fingerprint density at radius 1 is 1.20 bits per heavy atom. The van der Waals surface area contributed by atoms with Crippen molar-refractivity contribution < 1.29 is 9.84 Å². The Labute approximate surface area is 121 Å². The van der Waals surface area contributed by atoms with Gasteiger partial charge in [-0.05, 0) is 29.9 Å². The van der Waals surface area contributed by atoms with Gasteiger partial charge in [0.15, 0.2) is 6.79 Å². The molecule has 0 aliphatic carbocycles. The number of aryl methyl sites for hydroxylation is 1. The van der Waals surface area contributed by atoms with Gasteiger partial charge < -0.3 is 9.84 Å². The zero-order chi connectivity index (χ0) is 14.4. The monoisotopic (exact) mass is 287 g/mol. The van der Waals surface area contributed by atoms with Crippen LogP contribution in [0.5, 0.6) is 5.75 Å². The highest BCUT2D eigenvalue weighted by Gasteiger charge is 2.07. The fraction of sp³-hybridized carbons (Fsp3) is 0.188. The van der Waals surface area contributed by atoms with Gasteiger partial charge in [-0.15, -0.1) is 0 Å². The Morgan fingerprint density at radius 2 is 2.00 bits per heavy atom. The quantitative estimate of drug-likeness (QED) is 0.519. The molecular weight excluding hydrogens is 269 g/mol. The van der Waals surface area contributed by atoms with Crippen molar-refractivity contribution in [1.29, 1.82) is 0 Å². The van der Waals surface area contributed by atoms with Crippen molar-refractivity contribution in [3.05, 3.63) is 53.6 Å². The first kappa shape index (κ1) is 14.7. The maximum absolute atomic E-state index is 8.98. The normalized spacial score (nSPS) is 11.6. The number of hydrogen-bond donors (Lipinski definition) is 1. The molecule has 2 rings (SSSR count). The Bertz CT molecular complexity index is 611. The second-order valence-electron chi connectivity index (χ2n) is 4.37. The summed E-state index contributed by atoms with van der Waals surface area (Å²) in [6.07, 6.45) is 1.87. The van der Waals surface area contributed by atoms with E-state index >= 15 is 0 Å². The molecule has 104 valence electrons. The Balaban J connectivity index is 2.36. The molecule has 0 amide bonds. The maximum Gasteiger partial charge on any atom is 0.186 e. The molecule has 1 N–H and O–H groups in total. The van der Waals surface area contributed by atoms with E-state index in [1.165, 1.54) is 10.9 Å². The van der Waals surface area contributed by atoms with E-state index < -0.39 is 0 Å². The third-order valence-corrected chi connectivity index (χ3v) is 4.24. The lowest BCUT2D eigenvalue weighted by Crippen LogP contribution is -2.12. The van der Waals surface area contributed by atoms with E-state index in [1.54, 1.807) is 7.05 Å². The van der Waals surface area contributed by atoms with Gasteiger partial charge in [0.1, 0.15) is 5.75 Å². The van der Waals surface area contributed by atoms with Crippen molar-refractivity contribution >= 4 is 25.4 Å². The lowest BCUT2D eigenvalue weighted by atomic mass is 10.2. The molecule has 4 heteroatoms. The minimum Gasteiger partial charge on any atom is -0.467 e. The van der Waals surface area contributed by atoms with E-state index in [-0.39, 0.29) is 6.79 Å².